The normalized spacial score (nSPS) is 0. The summed E-state index contributed by atoms with van der Waals surface area (Å²) < 4.78 is 0. The van der Waals surface area contributed by atoms with Crippen LogP contribution in [0.4, 0.5) is 0 Å². The molecule has 0 fully saturated rings. The maximum absolute atomic E-state index is 0. The quantitative estimate of drug-likeness (QED) is 0.470. The Morgan fingerprint density at radius 1 is 0.333 bits per heavy atom. The summed E-state index contributed by atoms with van der Waals surface area (Å²) in [6.45, 7) is 0. The Bertz CT molecular complexity index is 11.0. The zero-order valence-corrected chi connectivity index (χ0v) is 12.6. The maximum Gasteiger partial charge on any atom is 2.00 e. The van der Waals surface area contributed by atoms with Crippen molar-refractivity contribution in [1.29, 1.82) is 0 Å². The molecule has 0 unspecified atom stereocenters. The summed E-state index contributed by atoms with van der Waals surface area (Å²) in [5.74, 6) is 0. The molecule has 0 saturated carbocycles. The molecule has 53 valence electrons. The fraction of sp³-hybridized carbons (Fsp3) is 0. The third-order valence-corrected chi connectivity index (χ3v) is 0. The predicted octanol–water partition coefficient (Wildman–Crippen LogP) is -1.82. The minimum atomic E-state index is 0. The number of rotatable bonds is 0. The van der Waals surface area contributed by atoms with Gasteiger partial charge in [-0.05, 0) is 0 Å². The van der Waals surface area contributed by atoms with Gasteiger partial charge in [0, 0.05) is 0 Å². The van der Waals surface area contributed by atoms with Gasteiger partial charge < -0.3 is 32.9 Å². The molecule has 0 aliphatic rings. The van der Waals surface area contributed by atoms with Crippen LogP contribution in [0.5, 0.6) is 0 Å². The van der Waals surface area contributed by atoms with Crippen LogP contribution in [0.3, 0.4) is 0 Å². The first-order valence-corrected chi connectivity index (χ1v) is 0. The van der Waals surface area contributed by atoms with Crippen molar-refractivity contribution in [3.63, 3.8) is 0 Å². The molecular formula is H6MnO6Sr2. The van der Waals surface area contributed by atoms with Crippen molar-refractivity contribution in [2.45, 2.75) is 0 Å². The van der Waals surface area contributed by atoms with Gasteiger partial charge in [-0.1, -0.05) is 0 Å². The van der Waals surface area contributed by atoms with Crippen molar-refractivity contribution in [3.05, 3.63) is 0 Å². The molecule has 0 aliphatic carbocycles. The van der Waals surface area contributed by atoms with Crippen LogP contribution in [0.15, 0.2) is 0 Å². The van der Waals surface area contributed by atoms with E-state index in [1.54, 1.807) is 0 Å². The summed E-state index contributed by atoms with van der Waals surface area (Å²) in [7, 11) is 0. The molecule has 1 radical (unpaired) electrons. The van der Waals surface area contributed by atoms with Crippen molar-refractivity contribution >= 4 is 91.0 Å². The van der Waals surface area contributed by atoms with Crippen molar-refractivity contribution < 1.29 is 49.9 Å². The Kier molecular flexibility index (Phi) is 1840. The van der Waals surface area contributed by atoms with E-state index in [4.69, 9.17) is 0 Å². The van der Waals surface area contributed by atoms with Gasteiger partial charge in [-0.25, -0.2) is 0 Å². The molecule has 0 amide bonds. The summed E-state index contributed by atoms with van der Waals surface area (Å²) in [6, 6.07) is 0. The van der Waals surface area contributed by atoms with Gasteiger partial charge in [0.2, 0.25) is 0 Å². The van der Waals surface area contributed by atoms with E-state index in [-0.39, 0.29) is 141 Å². The third-order valence-electron chi connectivity index (χ3n) is 0. The fourth-order valence-electron chi connectivity index (χ4n) is 0. The van der Waals surface area contributed by atoms with Crippen LogP contribution in [-0.4, -0.2) is 124 Å². The van der Waals surface area contributed by atoms with Crippen molar-refractivity contribution in [2.24, 2.45) is 0 Å². The van der Waals surface area contributed by atoms with Gasteiger partial charge in [-0.2, -0.15) is 0 Å². The van der Waals surface area contributed by atoms with E-state index in [9.17, 15) is 0 Å². The van der Waals surface area contributed by atoms with E-state index in [0.29, 0.717) is 0 Å². The van der Waals surface area contributed by atoms with Gasteiger partial charge in [-0.3, -0.25) is 0 Å². The molecule has 0 aromatic carbocycles. The van der Waals surface area contributed by atoms with E-state index >= 15 is 0 Å². The number of hydrogen-bond acceptors (Lipinski definition) is 6. The van der Waals surface area contributed by atoms with Gasteiger partial charge in [0.1, 0.15) is 0 Å². The molecule has 0 aromatic heterocycles. The van der Waals surface area contributed by atoms with Crippen molar-refractivity contribution in [1.82, 2.24) is 0 Å². The topological polar surface area (TPSA) is 180 Å². The molecule has 0 aliphatic heterocycles. The fourth-order valence-corrected chi connectivity index (χ4v) is 0. The molecule has 0 atom stereocenters. The Hall–Kier alpha value is 3.24. The third kappa shape index (κ3) is 91.4. The first-order valence-electron chi connectivity index (χ1n) is 0. The Balaban J connectivity index is 0. The van der Waals surface area contributed by atoms with Crippen molar-refractivity contribution in [2.75, 3.05) is 0 Å². The molecule has 9 heavy (non-hydrogen) atoms. The average molecular weight is 332 g/mol. The summed E-state index contributed by atoms with van der Waals surface area (Å²) in [4.78, 5) is 0. The molecule has 0 spiro atoms. The molecule has 0 heterocycles. The van der Waals surface area contributed by atoms with Crippen molar-refractivity contribution in [3.8, 4) is 0 Å². The first-order chi connectivity index (χ1) is 0. The van der Waals surface area contributed by atoms with Crippen LogP contribution in [0.2, 0.25) is 0 Å². The smallest absolute Gasteiger partial charge is 0.870 e. The summed E-state index contributed by atoms with van der Waals surface area (Å²) in [5.41, 5.74) is 0. The van der Waals surface area contributed by atoms with E-state index in [1.165, 1.54) is 0 Å². The second-order valence-electron chi connectivity index (χ2n) is 0. The monoisotopic (exact) mass is 333 g/mol. The van der Waals surface area contributed by atoms with Gasteiger partial charge in [0.25, 0.3) is 0 Å². The van der Waals surface area contributed by atoms with Crippen LogP contribution in [0.1, 0.15) is 0 Å². The van der Waals surface area contributed by atoms with E-state index in [1.807, 2.05) is 0 Å². The molecule has 6 nitrogen and oxygen atoms in total. The van der Waals surface area contributed by atoms with Gasteiger partial charge in [0.05, 0.1) is 0 Å². The van der Waals surface area contributed by atoms with Crippen LogP contribution in [0, 0.1) is 0 Å². The largest absolute Gasteiger partial charge is 2.00 e. The molecule has 0 aromatic rings. The van der Waals surface area contributed by atoms with E-state index in [2.05, 4.69) is 0 Å². The minimum absolute atomic E-state index is 0. The van der Waals surface area contributed by atoms with Crippen LogP contribution >= 0.6 is 0 Å². The molecule has 0 rings (SSSR count). The van der Waals surface area contributed by atoms with Crippen LogP contribution in [-0.2, 0) is 17.1 Å². The molecule has 9 heteroatoms. The van der Waals surface area contributed by atoms with Gasteiger partial charge in [-0.15, -0.1) is 0 Å². The summed E-state index contributed by atoms with van der Waals surface area (Å²) in [5, 5.41) is 0. The molecular weight excluding hydrogens is 326 g/mol. The predicted molar refractivity (Wildman–Crippen MR) is 23.1 cm³/mol. The summed E-state index contributed by atoms with van der Waals surface area (Å²) >= 11 is 0. The van der Waals surface area contributed by atoms with E-state index < -0.39 is 0 Å². The minimum Gasteiger partial charge on any atom is -0.870 e. The molecule has 6 N–H and O–H groups in total. The standard InChI is InChI=1S/Mn.6H2O.2Sr/h;6*1H2;;/q+2;;;;;;;2*+2/p-6. The zero-order chi connectivity index (χ0) is 0. The zero-order valence-electron chi connectivity index (χ0n) is 4.48. The number of hydrogen-bond donors (Lipinski definition) is 0. The summed E-state index contributed by atoms with van der Waals surface area (Å²) in [6.07, 6.45) is 0. The first kappa shape index (κ1) is 147. The van der Waals surface area contributed by atoms with Crippen LogP contribution in [0.25, 0.3) is 0 Å². The average Bonchev–Trinajstić information content (AvgIpc) is 0. The SMILES string of the molecule is [Mn+2].[OH-].[OH-].[OH-].[OH-].[OH-].[OH-].[Sr+2].[Sr+2]. The van der Waals surface area contributed by atoms with Gasteiger partial charge in [0.15, 0.2) is 0 Å². The maximum atomic E-state index is 0. The Labute approximate surface area is 138 Å². The Morgan fingerprint density at radius 3 is 0.333 bits per heavy atom. The van der Waals surface area contributed by atoms with Gasteiger partial charge >= 0.3 is 108 Å². The molecule has 0 bridgehead atoms. The molecule has 0 saturated heterocycles. The van der Waals surface area contributed by atoms with Crippen LogP contribution < -0.4 is 0 Å². The second kappa shape index (κ2) is 112. The second-order valence-corrected chi connectivity index (χ2v) is 0. The Morgan fingerprint density at radius 2 is 0.333 bits per heavy atom. The van der Waals surface area contributed by atoms with E-state index in [0.717, 1.165) is 0 Å².